The minimum absolute atomic E-state index is 0.166. The summed E-state index contributed by atoms with van der Waals surface area (Å²) in [6, 6.07) is 15.1. The maximum absolute atomic E-state index is 11.5. The minimum Gasteiger partial charge on any atom is -0.491 e. The number of aliphatic hydroxyl groups is 1. The summed E-state index contributed by atoms with van der Waals surface area (Å²) in [7, 11) is -1.79. The Hall–Kier alpha value is -2.09. The van der Waals surface area contributed by atoms with Crippen LogP contribution in [0.15, 0.2) is 48.5 Å². The molecule has 0 heterocycles. The van der Waals surface area contributed by atoms with Crippen molar-refractivity contribution in [2.24, 2.45) is 0 Å². The van der Waals surface area contributed by atoms with Crippen LogP contribution in [0.4, 0.5) is 5.69 Å². The van der Waals surface area contributed by atoms with Crippen LogP contribution in [0, 0.1) is 0 Å². The highest BCUT2D eigenvalue weighted by atomic mass is 32.2. The monoisotopic (exact) mass is 406 g/mol. The van der Waals surface area contributed by atoms with Crippen molar-refractivity contribution in [2.45, 2.75) is 25.9 Å². The minimum atomic E-state index is -3.29. The standard InChI is InChI=1S/C21H30N2O4S/c1-4-17-7-5-6-8-18(17)13-14-22-15-20(24)16-27-21-11-9-19(10-12-21)23(2)28(3,25)26/h5-12,20,22,24H,4,13-16H2,1-3H3/t20-/m0/s1. The normalized spacial score (nSPS) is 12.6. The van der Waals surface area contributed by atoms with Crippen molar-refractivity contribution in [1.29, 1.82) is 0 Å². The Balaban J connectivity index is 1.71. The van der Waals surface area contributed by atoms with Crippen LogP contribution in [-0.4, -0.2) is 52.6 Å². The van der Waals surface area contributed by atoms with Crippen LogP contribution in [0.2, 0.25) is 0 Å². The topological polar surface area (TPSA) is 78.9 Å². The second-order valence-corrected chi connectivity index (χ2v) is 8.78. The highest BCUT2D eigenvalue weighted by Crippen LogP contribution is 2.20. The summed E-state index contributed by atoms with van der Waals surface area (Å²) in [5.41, 5.74) is 3.25. The molecule has 0 spiro atoms. The van der Waals surface area contributed by atoms with Crippen LogP contribution in [0.25, 0.3) is 0 Å². The number of ether oxygens (including phenoxy) is 1. The molecule has 0 aromatic heterocycles. The number of benzene rings is 2. The van der Waals surface area contributed by atoms with E-state index >= 15 is 0 Å². The van der Waals surface area contributed by atoms with Gasteiger partial charge in [0.1, 0.15) is 18.5 Å². The van der Waals surface area contributed by atoms with Gasteiger partial charge in [-0.25, -0.2) is 8.42 Å². The van der Waals surface area contributed by atoms with E-state index in [2.05, 4.69) is 36.5 Å². The van der Waals surface area contributed by atoms with Crippen LogP contribution >= 0.6 is 0 Å². The highest BCUT2D eigenvalue weighted by molar-refractivity contribution is 7.92. The van der Waals surface area contributed by atoms with Gasteiger partial charge < -0.3 is 15.2 Å². The first kappa shape index (κ1) is 22.2. The molecule has 0 fully saturated rings. The fourth-order valence-electron chi connectivity index (χ4n) is 2.83. The van der Waals surface area contributed by atoms with E-state index in [9.17, 15) is 13.5 Å². The third-order valence-corrected chi connectivity index (χ3v) is 5.80. The molecule has 2 aromatic carbocycles. The van der Waals surface area contributed by atoms with Crippen molar-refractivity contribution in [1.82, 2.24) is 5.32 Å². The van der Waals surface area contributed by atoms with Crippen LogP contribution in [-0.2, 0) is 22.9 Å². The lowest BCUT2D eigenvalue weighted by molar-refractivity contribution is 0.106. The zero-order valence-electron chi connectivity index (χ0n) is 16.8. The first-order valence-electron chi connectivity index (χ1n) is 9.43. The van der Waals surface area contributed by atoms with E-state index in [4.69, 9.17) is 4.74 Å². The molecule has 0 aliphatic rings. The van der Waals surface area contributed by atoms with Crippen LogP contribution < -0.4 is 14.4 Å². The lowest BCUT2D eigenvalue weighted by Crippen LogP contribution is -2.32. The van der Waals surface area contributed by atoms with Gasteiger partial charge in [0.25, 0.3) is 0 Å². The number of hydrogen-bond donors (Lipinski definition) is 2. The quantitative estimate of drug-likeness (QED) is 0.560. The number of hydrogen-bond acceptors (Lipinski definition) is 5. The molecule has 6 nitrogen and oxygen atoms in total. The smallest absolute Gasteiger partial charge is 0.231 e. The Morgan fingerprint density at radius 2 is 1.75 bits per heavy atom. The van der Waals surface area contributed by atoms with E-state index in [1.807, 2.05) is 0 Å². The first-order chi connectivity index (χ1) is 13.3. The molecule has 0 saturated heterocycles. The number of anilines is 1. The zero-order valence-corrected chi connectivity index (χ0v) is 17.6. The summed E-state index contributed by atoms with van der Waals surface area (Å²) in [5.74, 6) is 0.585. The summed E-state index contributed by atoms with van der Waals surface area (Å²) < 4.78 is 29.9. The van der Waals surface area contributed by atoms with Gasteiger partial charge in [-0.15, -0.1) is 0 Å². The van der Waals surface area contributed by atoms with Gasteiger partial charge in [-0.2, -0.15) is 0 Å². The zero-order chi connectivity index (χ0) is 20.6. The number of aliphatic hydroxyl groups excluding tert-OH is 1. The molecule has 0 amide bonds. The van der Waals surface area contributed by atoms with Gasteiger partial charge >= 0.3 is 0 Å². The molecule has 2 aromatic rings. The van der Waals surface area contributed by atoms with Gasteiger partial charge in [-0.1, -0.05) is 31.2 Å². The van der Waals surface area contributed by atoms with Crippen LogP contribution in [0.1, 0.15) is 18.1 Å². The Bertz CT molecular complexity index is 838. The van der Waals surface area contributed by atoms with E-state index in [0.717, 1.165) is 25.6 Å². The molecular formula is C21H30N2O4S. The fraction of sp³-hybridized carbons (Fsp3) is 0.429. The molecule has 2 rings (SSSR count). The summed E-state index contributed by atoms with van der Waals surface area (Å²) in [5, 5.41) is 13.3. The molecule has 0 aliphatic carbocycles. The second kappa shape index (κ2) is 10.5. The predicted molar refractivity (Wildman–Crippen MR) is 114 cm³/mol. The van der Waals surface area contributed by atoms with Gasteiger partial charge in [0.2, 0.25) is 10.0 Å². The third kappa shape index (κ3) is 6.82. The van der Waals surface area contributed by atoms with E-state index in [-0.39, 0.29) is 6.61 Å². The molecule has 0 saturated carbocycles. The molecule has 28 heavy (non-hydrogen) atoms. The lowest BCUT2D eigenvalue weighted by atomic mass is 10.0. The maximum atomic E-state index is 11.5. The van der Waals surface area contributed by atoms with Crippen molar-refractivity contribution in [3.8, 4) is 5.75 Å². The molecular weight excluding hydrogens is 376 g/mol. The van der Waals surface area contributed by atoms with Gasteiger partial charge in [-0.3, -0.25) is 4.31 Å². The Labute approximate surface area is 168 Å². The third-order valence-electron chi connectivity index (χ3n) is 4.59. The van der Waals surface area contributed by atoms with Crippen molar-refractivity contribution in [3.63, 3.8) is 0 Å². The van der Waals surface area contributed by atoms with Crippen molar-refractivity contribution in [3.05, 3.63) is 59.7 Å². The average molecular weight is 407 g/mol. The summed E-state index contributed by atoms with van der Waals surface area (Å²) in [4.78, 5) is 0. The predicted octanol–water partition coefficient (Wildman–Crippen LogP) is 2.22. The number of rotatable bonds is 11. The SMILES string of the molecule is CCc1ccccc1CCNC[C@H](O)COc1ccc(N(C)S(C)(=O)=O)cc1. The van der Waals surface area contributed by atoms with Crippen molar-refractivity contribution < 1.29 is 18.3 Å². The average Bonchev–Trinajstić information content (AvgIpc) is 2.69. The molecule has 0 aliphatic heterocycles. The van der Waals surface area contributed by atoms with E-state index in [1.165, 1.54) is 22.5 Å². The fourth-order valence-corrected chi connectivity index (χ4v) is 3.34. The lowest BCUT2D eigenvalue weighted by Gasteiger charge is -2.17. The molecule has 1 atom stereocenters. The van der Waals surface area contributed by atoms with E-state index in [0.29, 0.717) is 18.0 Å². The molecule has 0 unspecified atom stereocenters. The largest absolute Gasteiger partial charge is 0.491 e. The summed E-state index contributed by atoms with van der Waals surface area (Å²) in [6.45, 7) is 3.56. The number of nitrogens with zero attached hydrogens (tertiary/aromatic N) is 1. The maximum Gasteiger partial charge on any atom is 0.231 e. The second-order valence-electron chi connectivity index (χ2n) is 6.77. The van der Waals surface area contributed by atoms with Gasteiger partial charge in [0.15, 0.2) is 0 Å². The summed E-state index contributed by atoms with van der Waals surface area (Å²) in [6.07, 6.45) is 2.47. The molecule has 7 heteroatoms. The van der Waals surface area contributed by atoms with Gasteiger partial charge in [-0.05, 0) is 54.8 Å². The Morgan fingerprint density at radius 3 is 2.36 bits per heavy atom. The van der Waals surface area contributed by atoms with E-state index < -0.39 is 16.1 Å². The van der Waals surface area contributed by atoms with Crippen molar-refractivity contribution in [2.75, 3.05) is 37.3 Å². The molecule has 0 radical (unpaired) electrons. The number of aryl methyl sites for hydroxylation is 1. The molecule has 0 bridgehead atoms. The first-order valence-corrected chi connectivity index (χ1v) is 11.3. The Morgan fingerprint density at radius 1 is 1.11 bits per heavy atom. The van der Waals surface area contributed by atoms with Gasteiger partial charge in [0, 0.05) is 13.6 Å². The number of nitrogens with one attached hydrogen (secondary N) is 1. The summed E-state index contributed by atoms with van der Waals surface area (Å²) >= 11 is 0. The highest BCUT2D eigenvalue weighted by Gasteiger charge is 2.12. The van der Waals surface area contributed by atoms with Crippen LogP contribution in [0.5, 0.6) is 5.75 Å². The van der Waals surface area contributed by atoms with E-state index in [1.54, 1.807) is 24.3 Å². The van der Waals surface area contributed by atoms with Crippen LogP contribution in [0.3, 0.4) is 0 Å². The molecule has 154 valence electrons. The van der Waals surface area contributed by atoms with Gasteiger partial charge in [0.05, 0.1) is 11.9 Å². The van der Waals surface area contributed by atoms with Crippen molar-refractivity contribution >= 4 is 15.7 Å². The Kier molecular flexibility index (Phi) is 8.29. The molecule has 2 N–H and O–H groups in total. The number of sulfonamides is 1.